The summed E-state index contributed by atoms with van der Waals surface area (Å²) in [6.07, 6.45) is 3.51. The third-order valence-corrected chi connectivity index (χ3v) is 3.31. The van der Waals surface area contributed by atoms with E-state index in [4.69, 9.17) is 0 Å². The van der Waals surface area contributed by atoms with Gasteiger partial charge in [0, 0.05) is 30.1 Å². The number of hydrogen-bond acceptors (Lipinski definition) is 5. The maximum Gasteiger partial charge on any atom is 0.287 e. The third-order valence-electron chi connectivity index (χ3n) is 3.31. The number of rotatable bonds is 4. The highest BCUT2D eigenvalue weighted by atomic mass is 16.2. The molecule has 0 spiro atoms. The molecule has 1 amide bonds. The molecule has 0 bridgehead atoms. The number of aliphatic imine (C=N–C) groups is 1. The van der Waals surface area contributed by atoms with Gasteiger partial charge in [-0.15, -0.1) is 0 Å². The van der Waals surface area contributed by atoms with Crippen LogP contribution in [0.5, 0.6) is 0 Å². The van der Waals surface area contributed by atoms with Crippen LogP contribution in [0.15, 0.2) is 35.6 Å². The lowest BCUT2D eigenvalue weighted by Crippen LogP contribution is -2.39. The van der Waals surface area contributed by atoms with Crippen LogP contribution in [-0.2, 0) is 4.79 Å². The van der Waals surface area contributed by atoms with Crippen molar-refractivity contribution < 1.29 is 4.79 Å². The predicted octanol–water partition coefficient (Wildman–Crippen LogP) is 1.37. The third kappa shape index (κ3) is 2.71. The largest absolute Gasteiger partial charge is 0.348 e. The molecule has 6 nitrogen and oxygen atoms in total. The molecule has 1 aliphatic heterocycles. The number of amidine groups is 1. The second-order valence-corrected chi connectivity index (χ2v) is 5.21. The number of carbonyl (C=O) groups is 1. The molecule has 1 aromatic heterocycles. The average molecular weight is 283 g/mol. The first kappa shape index (κ1) is 13.5. The van der Waals surface area contributed by atoms with Gasteiger partial charge in [0.05, 0.1) is 17.6 Å². The predicted molar refractivity (Wildman–Crippen MR) is 84.0 cm³/mol. The number of anilines is 1. The van der Waals surface area contributed by atoms with Gasteiger partial charge in [-0.05, 0) is 20.2 Å². The molecular formula is C15H17N5O. The van der Waals surface area contributed by atoms with Crippen molar-refractivity contribution in [2.75, 3.05) is 32.5 Å². The smallest absolute Gasteiger partial charge is 0.287 e. The van der Waals surface area contributed by atoms with Crippen molar-refractivity contribution in [2.24, 2.45) is 4.99 Å². The fraction of sp³-hybridized carbons (Fsp3) is 0.267. The maximum absolute atomic E-state index is 12.2. The Kier molecular flexibility index (Phi) is 3.53. The summed E-state index contributed by atoms with van der Waals surface area (Å²) in [4.78, 5) is 22.8. The van der Waals surface area contributed by atoms with Crippen molar-refractivity contribution in [1.29, 1.82) is 0 Å². The van der Waals surface area contributed by atoms with Gasteiger partial charge in [0.25, 0.3) is 5.91 Å². The molecule has 2 aromatic rings. The van der Waals surface area contributed by atoms with E-state index in [1.165, 1.54) is 0 Å². The molecule has 1 aliphatic rings. The molecular weight excluding hydrogens is 266 g/mol. The van der Waals surface area contributed by atoms with Gasteiger partial charge in [-0.2, -0.15) is 0 Å². The Morgan fingerprint density at radius 3 is 3.00 bits per heavy atom. The van der Waals surface area contributed by atoms with Crippen molar-refractivity contribution >= 4 is 33.9 Å². The van der Waals surface area contributed by atoms with Crippen LogP contribution in [-0.4, -0.2) is 48.8 Å². The lowest BCUT2D eigenvalue weighted by Gasteiger charge is -2.18. The number of aromatic nitrogens is 1. The number of pyridine rings is 1. The minimum atomic E-state index is -0.205. The molecule has 0 saturated carbocycles. The molecule has 0 radical (unpaired) electrons. The molecule has 0 aliphatic carbocycles. The van der Waals surface area contributed by atoms with Gasteiger partial charge in [-0.3, -0.25) is 9.78 Å². The van der Waals surface area contributed by atoms with Gasteiger partial charge >= 0.3 is 0 Å². The van der Waals surface area contributed by atoms with Gasteiger partial charge in [0.1, 0.15) is 0 Å². The minimum Gasteiger partial charge on any atom is -0.348 e. The summed E-state index contributed by atoms with van der Waals surface area (Å²) in [6, 6.07) is 5.80. The SMILES string of the molecule is CN(C)CCNC(=O)C1=Nc2cccc3cncc(c23)N1. The molecule has 0 unspecified atom stereocenters. The Morgan fingerprint density at radius 2 is 2.19 bits per heavy atom. The number of hydrogen-bond donors (Lipinski definition) is 2. The highest BCUT2D eigenvalue weighted by molar-refractivity contribution is 6.44. The highest BCUT2D eigenvalue weighted by Gasteiger charge is 2.19. The van der Waals surface area contributed by atoms with E-state index in [0.29, 0.717) is 12.4 Å². The lowest BCUT2D eigenvalue weighted by atomic mass is 10.1. The Bertz CT molecular complexity index is 718. The molecule has 21 heavy (non-hydrogen) atoms. The van der Waals surface area contributed by atoms with E-state index < -0.39 is 0 Å². The normalized spacial score (nSPS) is 13.0. The number of carbonyl (C=O) groups excluding carboxylic acids is 1. The monoisotopic (exact) mass is 283 g/mol. The Morgan fingerprint density at radius 1 is 1.33 bits per heavy atom. The summed E-state index contributed by atoms with van der Waals surface area (Å²) in [5.41, 5.74) is 1.61. The zero-order valence-electron chi connectivity index (χ0n) is 12.1. The van der Waals surface area contributed by atoms with Crippen LogP contribution in [0.1, 0.15) is 0 Å². The van der Waals surface area contributed by atoms with Crippen LogP contribution in [0.4, 0.5) is 11.4 Å². The Hall–Kier alpha value is -2.47. The summed E-state index contributed by atoms with van der Waals surface area (Å²) in [7, 11) is 3.93. The molecule has 1 aromatic carbocycles. The van der Waals surface area contributed by atoms with Gasteiger partial charge in [-0.1, -0.05) is 12.1 Å². The highest BCUT2D eigenvalue weighted by Crippen LogP contribution is 2.34. The molecule has 6 heteroatoms. The van der Waals surface area contributed by atoms with Crippen LogP contribution in [0.2, 0.25) is 0 Å². The zero-order chi connectivity index (χ0) is 14.8. The molecule has 2 N–H and O–H groups in total. The summed E-state index contributed by atoms with van der Waals surface area (Å²) in [5, 5.41) is 7.92. The van der Waals surface area contributed by atoms with Crippen LogP contribution in [0.25, 0.3) is 10.8 Å². The van der Waals surface area contributed by atoms with Crippen LogP contribution < -0.4 is 10.6 Å². The van der Waals surface area contributed by atoms with Crippen molar-refractivity contribution in [3.8, 4) is 0 Å². The lowest BCUT2D eigenvalue weighted by molar-refractivity contribution is -0.114. The first-order valence-corrected chi connectivity index (χ1v) is 6.80. The number of amides is 1. The summed E-state index contributed by atoms with van der Waals surface area (Å²) >= 11 is 0. The standard InChI is InChI=1S/C15H17N5O/c1-20(2)7-6-17-15(21)14-18-11-5-3-4-10-8-16-9-12(19-14)13(10)11/h3-5,8-9H,6-7H2,1-2H3,(H,17,21)(H,18,19). The number of benzene rings is 1. The second-order valence-electron chi connectivity index (χ2n) is 5.21. The number of nitrogens with zero attached hydrogens (tertiary/aromatic N) is 3. The summed E-state index contributed by atoms with van der Waals surface area (Å²) < 4.78 is 0. The van der Waals surface area contributed by atoms with Crippen LogP contribution in [0, 0.1) is 0 Å². The fourth-order valence-corrected chi connectivity index (χ4v) is 2.26. The quantitative estimate of drug-likeness (QED) is 0.889. The minimum absolute atomic E-state index is 0.205. The Labute approximate surface area is 122 Å². The molecule has 108 valence electrons. The fourth-order valence-electron chi connectivity index (χ4n) is 2.26. The number of nitrogens with one attached hydrogen (secondary N) is 2. The van der Waals surface area contributed by atoms with Crippen LogP contribution in [0.3, 0.4) is 0 Å². The molecule has 0 fully saturated rings. The average Bonchev–Trinajstić information content (AvgIpc) is 2.47. The van der Waals surface area contributed by atoms with Crippen molar-refractivity contribution in [3.63, 3.8) is 0 Å². The molecule has 3 rings (SSSR count). The zero-order valence-corrected chi connectivity index (χ0v) is 12.1. The van der Waals surface area contributed by atoms with E-state index >= 15 is 0 Å². The molecule has 0 saturated heterocycles. The molecule has 0 atom stereocenters. The van der Waals surface area contributed by atoms with Crippen molar-refractivity contribution in [1.82, 2.24) is 15.2 Å². The van der Waals surface area contributed by atoms with Crippen LogP contribution >= 0.6 is 0 Å². The van der Waals surface area contributed by atoms with Gasteiger partial charge < -0.3 is 15.5 Å². The first-order valence-electron chi connectivity index (χ1n) is 6.80. The van der Waals surface area contributed by atoms with Gasteiger partial charge in [0.15, 0.2) is 5.84 Å². The van der Waals surface area contributed by atoms with Gasteiger partial charge in [-0.25, -0.2) is 4.99 Å². The molecule has 2 heterocycles. The maximum atomic E-state index is 12.2. The van der Waals surface area contributed by atoms with Crippen molar-refractivity contribution in [3.05, 3.63) is 30.6 Å². The van der Waals surface area contributed by atoms with E-state index in [9.17, 15) is 4.79 Å². The van der Waals surface area contributed by atoms with E-state index in [-0.39, 0.29) is 5.91 Å². The number of likely N-dealkylation sites (N-methyl/N-ethyl adjacent to an activating group) is 1. The van der Waals surface area contributed by atoms with Gasteiger partial charge in [0.2, 0.25) is 0 Å². The summed E-state index contributed by atoms with van der Waals surface area (Å²) in [6.45, 7) is 1.36. The van der Waals surface area contributed by atoms with E-state index in [0.717, 1.165) is 28.7 Å². The summed E-state index contributed by atoms with van der Waals surface area (Å²) in [5.74, 6) is 0.102. The first-order chi connectivity index (χ1) is 10.1. The Balaban J connectivity index is 1.85. The van der Waals surface area contributed by atoms with E-state index in [1.54, 1.807) is 12.4 Å². The van der Waals surface area contributed by atoms with E-state index in [1.807, 2.05) is 37.2 Å². The van der Waals surface area contributed by atoms with E-state index in [2.05, 4.69) is 20.6 Å². The topological polar surface area (TPSA) is 69.6 Å². The van der Waals surface area contributed by atoms with Crippen molar-refractivity contribution in [2.45, 2.75) is 0 Å². The second kappa shape index (κ2) is 5.49.